The zero-order valence-corrected chi connectivity index (χ0v) is 21.5. The Morgan fingerprint density at radius 1 is 1.20 bits per heavy atom. The van der Waals surface area contributed by atoms with Crippen LogP contribution in [0.3, 0.4) is 0 Å². The van der Waals surface area contributed by atoms with Crippen LogP contribution in [0.25, 0.3) is 16.6 Å². The second kappa shape index (κ2) is 9.90. The number of aromatic nitrogens is 2. The highest BCUT2D eigenvalue weighted by Gasteiger charge is 2.15. The molecule has 2 aromatic carbocycles. The maximum absolute atomic E-state index is 15.0. The van der Waals surface area contributed by atoms with E-state index >= 15 is 0 Å². The Hall–Kier alpha value is -3.06. The van der Waals surface area contributed by atoms with Crippen LogP contribution in [0.15, 0.2) is 68.8 Å². The Kier molecular flexibility index (Phi) is 7.08. The number of urea groups is 1. The quantitative estimate of drug-likeness (QED) is 0.345. The molecule has 0 saturated carbocycles. The average molecular weight is 553 g/mol. The van der Waals surface area contributed by atoms with Gasteiger partial charge >= 0.3 is 6.03 Å². The van der Waals surface area contributed by atoms with Gasteiger partial charge in [-0.1, -0.05) is 22.3 Å². The molecule has 0 aliphatic carbocycles. The molecule has 2 aromatic heterocycles. The molecule has 0 aliphatic rings. The van der Waals surface area contributed by atoms with Crippen molar-refractivity contribution >= 4 is 71.4 Å². The largest absolute Gasteiger partial charge is 0.329 e. The highest BCUT2D eigenvalue weighted by atomic mass is 35.5. The number of amides is 2. The summed E-state index contributed by atoms with van der Waals surface area (Å²) in [5.41, 5.74) is -0.275. The molecule has 0 bridgehead atoms. The van der Waals surface area contributed by atoms with Crippen molar-refractivity contribution in [1.29, 1.82) is 0 Å². The van der Waals surface area contributed by atoms with Crippen LogP contribution in [0.4, 0.5) is 14.9 Å². The number of sulfone groups is 1. The Morgan fingerprint density at radius 2 is 1.97 bits per heavy atom. The van der Waals surface area contributed by atoms with E-state index in [0.717, 1.165) is 27.4 Å². The molecule has 2 heterocycles. The van der Waals surface area contributed by atoms with Crippen molar-refractivity contribution in [2.45, 2.75) is 16.0 Å². The number of halogens is 2. The van der Waals surface area contributed by atoms with Crippen molar-refractivity contribution in [3.63, 3.8) is 0 Å². The summed E-state index contributed by atoms with van der Waals surface area (Å²) in [6.07, 6.45) is 2.19. The molecule has 182 valence electrons. The molecule has 0 aliphatic heterocycles. The predicted molar refractivity (Wildman–Crippen MR) is 139 cm³/mol. The van der Waals surface area contributed by atoms with Gasteiger partial charge in [-0.2, -0.15) is 0 Å². The Labute approximate surface area is 211 Å². The fraction of sp³-hybridized carbons (Fsp3) is 0.0909. The van der Waals surface area contributed by atoms with Crippen LogP contribution in [0.1, 0.15) is 6.92 Å². The topological polar surface area (TPSA) is 110 Å². The lowest BCUT2D eigenvalue weighted by atomic mass is 10.2. The molecular weight excluding hydrogens is 535 g/mol. The van der Waals surface area contributed by atoms with Gasteiger partial charge < -0.3 is 5.32 Å². The molecule has 0 spiro atoms. The molecule has 0 fully saturated rings. The number of fused-ring (bicyclic) bond motifs is 1. The number of hydrogen-bond acceptors (Lipinski definition) is 6. The number of anilines is 1. The average Bonchev–Trinajstić information content (AvgIpc) is 3.23. The van der Waals surface area contributed by atoms with E-state index in [1.165, 1.54) is 41.7 Å². The Bertz CT molecular complexity index is 1660. The smallest absolute Gasteiger partial charge is 0.307 e. The van der Waals surface area contributed by atoms with Gasteiger partial charge in [0, 0.05) is 11.9 Å². The molecular formula is C22H18ClFN4O4S3. The van der Waals surface area contributed by atoms with Gasteiger partial charge in [0.2, 0.25) is 0 Å². The van der Waals surface area contributed by atoms with Crippen LogP contribution < -0.4 is 15.6 Å². The summed E-state index contributed by atoms with van der Waals surface area (Å²) in [5.74, 6) is -0.781. The van der Waals surface area contributed by atoms with Gasteiger partial charge in [-0.25, -0.2) is 22.6 Å². The van der Waals surface area contributed by atoms with Crippen LogP contribution in [0, 0.1) is 5.82 Å². The van der Waals surface area contributed by atoms with E-state index in [2.05, 4.69) is 15.0 Å². The van der Waals surface area contributed by atoms with Crippen LogP contribution >= 0.6 is 33.6 Å². The maximum Gasteiger partial charge on any atom is 0.329 e. The molecule has 1 unspecified atom stereocenters. The SMILES string of the molecule is C/C=S(/NC(=O)Nc1ccc(-n2cnc3ccc(S(C)(=O)=O)cc3c2=O)c(F)c1)c1ccc(Cl)s1. The Morgan fingerprint density at radius 3 is 2.60 bits per heavy atom. The maximum atomic E-state index is 15.0. The number of nitrogens with zero attached hydrogens (tertiary/aromatic N) is 2. The van der Waals surface area contributed by atoms with Crippen LogP contribution in [-0.2, 0) is 9.84 Å². The third kappa shape index (κ3) is 5.45. The van der Waals surface area contributed by atoms with Crippen molar-refractivity contribution in [2.75, 3.05) is 11.6 Å². The van der Waals surface area contributed by atoms with Crippen molar-refractivity contribution < 1.29 is 17.6 Å². The van der Waals surface area contributed by atoms with Gasteiger partial charge in [0.1, 0.15) is 12.1 Å². The normalized spacial score (nSPS) is 12.6. The summed E-state index contributed by atoms with van der Waals surface area (Å²) in [5, 5.41) is 4.42. The molecule has 1 atom stereocenters. The number of rotatable bonds is 5. The number of carbonyl (C=O) groups excluding carboxylic acids is 1. The summed E-state index contributed by atoms with van der Waals surface area (Å²) in [4.78, 5) is 29.5. The van der Waals surface area contributed by atoms with Gasteiger partial charge in [-0.15, -0.1) is 11.3 Å². The Balaban J connectivity index is 1.60. The van der Waals surface area contributed by atoms with Crippen molar-refractivity contribution in [2.24, 2.45) is 0 Å². The van der Waals surface area contributed by atoms with Gasteiger partial charge in [-0.05, 0) is 60.8 Å². The van der Waals surface area contributed by atoms with Gasteiger partial charge in [-0.3, -0.25) is 14.1 Å². The first-order valence-corrected chi connectivity index (χ1v) is 14.3. The lowest BCUT2D eigenvalue weighted by Gasteiger charge is -2.12. The molecule has 2 amide bonds. The molecule has 0 radical (unpaired) electrons. The molecule has 0 saturated heterocycles. The standard InChI is InChI=1S/C22H18ClFN4O4S3/c1-3-34(20-9-8-19(23)33-20)27-22(30)26-13-4-7-18(16(24)10-13)28-12-25-17-6-5-14(35(2,31)32)11-15(17)21(28)29/h3-12H,1-2H3,(H2,26,27,30). The number of benzene rings is 2. The summed E-state index contributed by atoms with van der Waals surface area (Å²) in [6.45, 7) is 1.81. The van der Waals surface area contributed by atoms with Gasteiger partial charge in [0.15, 0.2) is 9.84 Å². The van der Waals surface area contributed by atoms with E-state index in [-0.39, 0.29) is 27.2 Å². The van der Waals surface area contributed by atoms with Gasteiger partial charge in [0.05, 0.1) is 30.0 Å². The molecule has 2 N–H and O–H groups in total. The lowest BCUT2D eigenvalue weighted by Crippen LogP contribution is -2.24. The fourth-order valence-electron chi connectivity index (χ4n) is 3.18. The molecule has 4 aromatic rings. The zero-order chi connectivity index (χ0) is 25.3. The fourth-order valence-corrected chi connectivity index (χ4v) is 6.70. The second-order valence-corrected chi connectivity index (χ2v) is 13.0. The first-order valence-electron chi connectivity index (χ1n) is 9.94. The second-order valence-electron chi connectivity index (χ2n) is 7.23. The number of thiophene rings is 1. The summed E-state index contributed by atoms with van der Waals surface area (Å²) in [7, 11) is -4.23. The minimum absolute atomic E-state index is 0.0351. The van der Waals surface area contributed by atoms with Crippen molar-refractivity contribution in [3.8, 4) is 5.69 Å². The monoisotopic (exact) mass is 552 g/mol. The van der Waals surface area contributed by atoms with Crippen molar-refractivity contribution in [3.05, 3.63) is 75.4 Å². The van der Waals surface area contributed by atoms with Crippen LogP contribution in [0.5, 0.6) is 0 Å². The van der Waals surface area contributed by atoms with E-state index in [9.17, 15) is 22.4 Å². The highest BCUT2D eigenvalue weighted by molar-refractivity contribution is 8.15. The summed E-state index contributed by atoms with van der Waals surface area (Å²) in [6, 6.07) is 10.9. The van der Waals surface area contributed by atoms with E-state index in [1.54, 1.807) is 13.0 Å². The predicted octanol–water partition coefficient (Wildman–Crippen LogP) is 4.83. The third-order valence-corrected chi connectivity index (χ3v) is 9.20. The first-order chi connectivity index (χ1) is 16.6. The molecule has 13 heteroatoms. The van der Waals surface area contributed by atoms with Crippen LogP contribution in [-0.4, -0.2) is 35.6 Å². The van der Waals surface area contributed by atoms with E-state index in [0.29, 0.717) is 4.34 Å². The zero-order valence-electron chi connectivity index (χ0n) is 18.3. The third-order valence-electron chi connectivity index (χ3n) is 4.83. The molecule has 35 heavy (non-hydrogen) atoms. The highest BCUT2D eigenvalue weighted by Crippen LogP contribution is 2.33. The minimum Gasteiger partial charge on any atom is -0.307 e. The summed E-state index contributed by atoms with van der Waals surface area (Å²) < 4.78 is 43.9. The van der Waals surface area contributed by atoms with Gasteiger partial charge in [0.25, 0.3) is 5.56 Å². The minimum atomic E-state index is -3.54. The number of nitrogens with one attached hydrogen (secondary N) is 2. The first kappa shape index (κ1) is 25.0. The lowest BCUT2D eigenvalue weighted by molar-refractivity contribution is 0.257. The van der Waals surface area contributed by atoms with E-state index < -0.39 is 37.9 Å². The molecule has 4 rings (SSSR count). The van der Waals surface area contributed by atoms with E-state index in [1.807, 2.05) is 11.4 Å². The molecule has 8 nitrogen and oxygen atoms in total. The van der Waals surface area contributed by atoms with Crippen LogP contribution in [0.2, 0.25) is 4.34 Å². The number of hydrogen-bond donors (Lipinski definition) is 2. The van der Waals surface area contributed by atoms with Crippen molar-refractivity contribution in [1.82, 2.24) is 14.3 Å². The number of carbonyl (C=O) groups is 1. The summed E-state index contributed by atoms with van der Waals surface area (Å²) >= 11 is 7.31. The van der Waals surface area contributed by atoms with E-state index in [4.69, 9.17) is 11.6 Å².